The molecule has 2 aromatic rings. The van der Waals surface area contributed by atoms with Gasteiger partial charge in [-0.15, -0.1) is 5.10 Å². The van der Waals surface area contributed by atoms with E-state index in [1.807, 2.05) is 5.32 Å². The number of rotatable bonds is 4. The molecule has 0 saturated carbocycles. The molecule has 0 unspecified atom stereocenters. The number of benzene rings is 1. The Bertz CT molecular complexity index is 736. The van der Waals surface area contributed by atoms with Gasteiger partial charge in [0.05, 0.1) is 15.1 Å². The first kappa shape index (κ1) is 17.6. The van der Waals surface area contributed by atoms with Crippen LogP contribution in [0.3, 0.4) is 0 Å². The SMILES string of the molecule is O=C(COc1cc(Cl)c(Cl)cc1Cl)Nc1n[nH]c(C(F)(F)F)n1. The number of hydrogen-bond donors (Lipinski definition) is 2. The molecular formula is C11H6Cl3F3N4O2. The van der Waals surface area contributed by atoms with Crippen LogP contribution in [0.2, 0.25) is 15.1 Å². The lowest BCUT2D eigenvalue weighted by molar-refractivity contribution is -0.144. The maximum Gasteiger partial charge on any atom is 0.451 e. The molecule has 0 bridgehead atoms. The van der Waals surface area contributed by atoms with Gasteiger partial charge < -0.3 is 4.74 Å². The number of nitrogens with zero attached hydrogens (tertiary/aromatic N) is 2. The van der Waals surface area contributed by atoms with Gasteiger partial charge in [-0.05, 0) is 6.07 Å². The van der Waals surface area contributed by atoms with Crippen LogP contribution in [0.15, 0.2) is 12.1 Å². The van der Waals surface area contributed by atoms with E-state index in [4.69, 9.17) is 39.5 Å². The Kier molecular flexibility index (Phi) is 5.23. The maximum atomic E-state index is 12.3. The first-order valence-corrected chi connectivity index (χ1v) is 6.87. The summed E-state index contributed by atoms with van der Waals surface area (Å²) >= 11 is 17.4. The van der Waals surface area contributed by atoms with Crippen molar-refractivity contribution in [2.24, 2.45) is 0 Å². The second-order valence-electron chi connectivity index (χ2n) is 4.04. The fourth-order valence-corrected chi connectivity index (χ4v) is 1.95. The highest BCUT2D eigenvalue weighted by atomic mass is 35.5. The molecule has 1 aromatic heterocycles. The van der Waals surface area contributed by atoms with Crippen LogP contribution in [0.5, 0.6) is 5.75 Å². The predicted molar refractivity (Wildman–Crippen MR) is 77.0 cm³/mol. The van der Waals surface area contributed by atoms with Gasteiger partial charge in [-0.1, -0.05) is 34.8 Å². The van der Waals surface area contributed by atoms with Crippen LogP contribution < -0.4 is 10.1 Å². The molecule has 0 spiro atoms. The molecule has 12 heteroatoms. The van der Waals surface area contributed by atoms with E-state index in [0.29, 0.717) is 0 Å². The molecule has 0 atom stereocenters. The molecular weight excluding hydrogens is 384 g/mol. The summed E-state index contributed by atoms with van der Waals surface area (Å²) in [7, 11) is 0. The van der Waals surface area contributed by atoms with Crippen LogP contribution in [-0.4, -0.2) is 27.7 Å². The number of halogens is 6. The Balaban J connectivity index is 1.96. The van der Waals surface area contributed by atoms with Crippen molar-refractivity contribution in [2.45, 2.75) is 6.18 Å². The van der Waals surface area contributed by atoms with Crippen LogP contribution in [0.25, 0.3) is 0 Å². The van der Waals surface area contributed by atoms with Crippen LogP contribution in [0.4, 0.5) is 19.1 Å². The number of H-pyrrole nitrogens is 1. The number of alkyl halides is 3. The molecule has 1 heterocycles. The second kappa shape index (κ2) is 6.81. The number of hydrogen-bond acceptors (Lipinski definition) is 4. The highest BCUT2D eigenvalue weighted by molar-refractivity contribution is 6.43. The Morgan fingerprint density at radius 3 is 2.48 bits per heavy atom. The third-order valence-corrected chi connectivity index (χ3v) is 3.36. The average molecular weight is 390 g/mol. The second-order valence-corrected chi connectivity index (χ2v) is 5.26. The Hall–Kier alpha value is -1.71. The largest absolute Gasteiger partial charge is 0.482 e. The van der Waals surface area contributed by atoms with Crippen molar-refractivity contribution >= 4 is 46.7 Å². The Morgan fingerprint density at radius 1 is 1.22 bits per heavy atom. The standard InChI is InChI=1S/C11H6Cl3F3N4O2/c12-4-1-6(14)7(2-5(4)13)23-3-8(22)18-10-19-9(20-21-10)11(15,16)17/h1-2H,3H2,(H2,18,19,20,21,22). The molecule has 0 aliphatic carbocycles. The van der Waals surface area contributed by atoms with E-state index >= 15 is 0 Å². The van der Waals surface area contributed by atoms with Crippen LogP contribution in [-0.2, 0) is 11.0 Å². The average Bonchev–Trinajstić information content (AvgIpc) is 2.90. The number of aromatic nitrogens is 3. The molecule has 0 aliphatic heterocycles. The van der Waals surface area contributed by atoms with Crippen molar-refractivity contribution in [1.82, 2.24) is 15.2 Å². The monoisotopic (exact) mass is 388 g/mol. The number of carbonyl (C=O) groups excluding carboxylic acids is 1. The van der Waals surface area contributed by atoms with E-state index in [1.54, 1.807) is 5.10 Å². The van der Waals surface area contributed by atoms with Gasteiger partial charge in [0.2, 0.25) is 11.8 Å². The van der Waals surface area contributed by atoms with Gasteiger partial charge in [-0.25, -0.2) is 0 Å². The number of carbonyl (C=O) groups is 1. The summed E-state index contributed by atoms with van der Waals surface area (Å²) in [6.45, 7) is -0.548. The molecule has 0 radical (unpaired) electrons. The van der Waals surface area contributed by atoms with Crippen molar-refractivity contribution in [2.75, 3.05) is 11.9 Å². The minimum absolute atomic E-state index is 0.0854. The molecule has 1 aromatic carbocycles. The number of anilines is 1. The minimum Gasteiger partial charge on any atom is -0.482 e. The lowest BCUT2D eigenvalue weighted by Gasteiger charge is -2.08. The molecule has 6 nitrogen and oxygen atoms in total. The molecule has 23 heavy (non-hydrogen) atoms. The number of amides is 1. The summed E-state index contributed by atoms with van der Waals surface area (Å²) in [6.07, 6.45) is -4.69. The van der Waals surface area contributed by atoms with Gasteiger partial charge in [-0.3, -0.25) is 15.2 Å². The van der Waals surface area contributed by atoms with Crippen LogP contribution >= 0.6 is 34.8 Å². The summed E-state index contributed by atoms with van der Waals surface area (Å²) in [6, 6.07) is 2.62. The summed E-state index contributed by atoms with van der Waals surface area (Å²) in [5.74, 6) is -2.57. The Labute approximate surface area is 141 Å². The van der Waals surface area contributed by atoms with Crippen LogP contribution in [0.1, 0.15) is 5.82 Å². The van der Waals surface area contributed by atoms with Crippen molar-refractivity contribution < 1.29 is 22.7 Å². The third kappa shape index (κ3) is 4.63. The topological polar surface area (TPSA) is 79.9 Å². The van der Waals surface area contributed by atoms with Crippen molar-refractivity contribution in [1.29, 1.82) is 0 Å². The number of nitrogens with one attached hydrogen (secondary N) is 2. The van der Waals surface area contributed by atoms with E-state index < -0.39 is 30.5 Å². The van der Waals surface area contributed by atoms with Gasteiger partial charge in [0.25, 0.3) is 5.91 Å². The van der Waals surface area contributed by atoms with Gasteiger partial charge in [0, 0.05) is 6.07 Å². The van der Waals surface area contributed by atoms with Crippen molar-refractivity contribution in [3.63, 3.8) is 0 Å². The fourth-order valence-electron chi connectivity index (χ4n) is 1.36. The van der Waals surface area contributed by atoms with E-state index in [0.717, 1.165) is 0 Å². The highest BCUT2D eigenvalue weighted by Crippen LogP contribution is 2.33. The fraction of sp³-hybridized carbons (Fsp3) is 0.182. The summed E-state index contributed by atoms with van der Waals surface area (Å²) < 4.78 is 42.0. The van der Waals surface area contributed by atoms with Gasteiger partial charge in [0.15, 0.2) is 6.61 Å². The summed E-state index contributed by atoms with van der Waals surface area (Å²) in [5.41, 5.74) is 0. The molecule has 0 fully saturated rings. The lowest BCUT2D eigenvalue weighted by atomic mass is 10.3. The van der Waals surface area contributed by atoms with Crippen LogP contribution in [0, 0.1) is 0 Å². The van der Waals surface area contributed by atoms with Gasteiger partial charge in [0.1, 0.15) is 5.75 Å². The molecule has 124 valence electrons. The van der Waals surface area contributed by atoms with Gasteiger partial charge in [-0.2, -0.15) is 18.2 Å². The van der Waals surface area contributed by atoms with Gasteiger partial charge >= 0.3 is 6.18 Å². The van der Waals surface area contributed by atoms with E-state index in [1.165, 1.54) is 12.1 Å². The van der Waals surface area contributed by atoms with E-state index in [2.05, 4.69) is 10.1 Å². The molecule has 0 aliphatic rings. The zero-order valence-electron chi connectivity index (χ0n) is 10.8. The van der Waals surface area contributed by atoms with E-state index in [-0.39, 0.29) is 20.8 Å². The maximum absolute atomic E-state index is 12.3. The highest BCUT2D eigenvalue weighted by Gasteiger charge is 2.35. The number of aromatic amines is 1. The molecule has 2 N–H and O–H groups in total. The number of ether oxygens (including phenoxy) is 1. The zero-order chi connectivity index (χ0) is 17.2. The first-order chi connectivity index (χ1) is 10.7. The molecule has 1 amide bonds. The lowest BCUT2D eigenvalue weighted by Crippen LogP contribution is -2.21. The Morgan fingerprint density at radius 2 is 1.87 bits per heavy atom. The molecule has 2 rings (SSSR count). The summed E-state index contributed by atoms with van der Waals surface area (Å²) in [5, 5.41) is 7.38. The normalized spacial score (nSPS) is 11.4. The van der Waals surface area contributed by atoms with Crippen molar-refractivity contribution in [3.8, 4) is 5.75 Å². The molecule has 0 saturated heterocycles. The quantitative estimate of drug-likeness (QED) is 0.780. The van der Waals surface area contributed by atoms with E-state index in [9.17, 15) is 18.0 Å². The third-order valence-electron chi connectivity index (χ3n) is 2.34. The van der Waals surface area contributed by atoms with Crippen molar-refractivity contribution in [3.05, 3.63) is 33.0 Å². The summed E-state index contributed by atoms with van der Waals surface area (Å²) in [4.78, 5) is 14.7. The zero-order valence-corrected chi connectivity index (χ0v) is 13.1. The minimum atomic E-state index is -4.69. The first-order valence-electron chi connectivity index (χ1n) is 5.73. The smallest absolute Gasteiger partial charge is 0.451 e. The predicted octanol–water partition coefficient (Wildman–Crippen LogP) is 3.80.